The molecule has 0 heterocycles. The molecule has 0 aromatic heterocycles. The van der Waals surface area contributed by atoms with Gasteiger partial charge in [0, 0.05) is 25.3 Å². The van der Waals surface area contributed by atoms with Crippen LogP contribution >= 0.6 is 12.2 Å². The Labute approximate surface area is 147 Å². The topological polar surface area (TPSA) is 53.6 Å². The lowest BCUT2D eigenvalue weighted by atomic mass is 10.2. The third-order valence-electron chi connectivity index (χ3n) is 3.42. The maximum absolute atomic E-state index is 11.4. The smallest absolute Gasteiger partial charge is 0.223 e. The number of carbonyl (C=O) groups is 1. The molecule has 0 saturated carbocycles. The first-order valence-corrected chi connectivity index (χ1v) is 8.06. The van der Waals surface area contributed by atoms with E-state index < -0.39 is 0 Å². The zero-order chi connectivity index (χ0) is 17.5. The summed E-state index contributed by atoms with van der Waals surface area (Å²) in [5, 5.41) is 6.71. The van der Waals surface area contributed by atoms with E-state index in [9.17, 15) is 4.79 Å². The minimum Gasteiger partial charge on any atom is -0.492 e. The van der Waals surface area contributed by atoms with Crippen molar-refractivity contribution in [2.24, 2.45) is 0 Å². The molecule has 2 aromatic carbocycles. The molecule has 0 unspecified atom stereocenters. The minimum absolute atomic E-state index is 0.0135. The van der Waals surface area contributed by atoms with E-state index in [4.69, 9.17) is 17.0 Å². The molecule has 0 aliphatic rings. The van der Waals surface area contributed by atoms with Gasteiger partial charge in [0.25, 0.3) is 0 Å². The first kappa shape index (κ1) is 17.7. The van der Waals surface area contributed by atoms with Crippen molar-refractivity contribution in [1.82, 2.24) is 0 Å². The lowest BCUT2D eigenvalue weighted by Crippen LogP contribution is -2.23. The fourth-order valence-corrected chi connectivity index (χ4v) is 2.31. The summed E-state index contributed by atoms with van der Waals surface area (Å²) in [5.74, 6) is 0.739. The predicted molar refractivity (Wildman–Crippen MR) is 103 cm³/mol. The van der Waals surface area contributed by atoms with E-state index in [1.54, 1.807) is 11.9 Å². The fraction of sp³-hybridized carbons (Fsp3) is 0.222. The van der Waals surface area contributed by atoms with E-state index >= 15 is 0 Å². The third-order valence-corrected chi connectivity index (χ3v) is 3.62. The van der Waals surface area contributed by atoms with Gasteiger partial charge in [-0.15, -0.1) is 0 Å². The molecule has 6 heteroatoms. The van der Waals surface area contributed by atoms with Gasteiger partial charge in [0.2, 0.25) is 5.91 Å². The summed E-state index contributed by atoms with van der Waals surface area (Å²) in [7, 11) is 1.74. The van der Waals surface area contributed by atoms with E-state index in [-0.39, 0.29) is 5.91 Å². The van der Waals surface area contributed by atoms with Crippen LogP contribution in [0.25, 0.3) is 0 Å². The Bertz CT molecular complexity index is 716. The molecule has 2 N–H and O–H groups in total. The molecule has 0 bridgehead atoms. The number of ether oxygens (including phenoxy) is 1. The van der Waals surface area contributed by atoms with Crippen molar-refractivity contribution in [2.75, 3.05) is 29.2 Å². The third kappa shape index (κ3) is 4.70. The molecule has 0 atom stereocenters. The van der Waals surface area contributed by atoms with Crippen molar-refractivity contribution >= 4 is 40.3 Å². The molecule has 24 heavy (non-hydrogen) atoms. The number of para-hydroxylation sites is 2. The monoisotopic (exact) mass is 343 g/mol. The number of nitrogens with zero attached hydrogens (tertiary/aromatic N) is 1. The normalized spacial score (nSPS) is 9.96. The second kappa shape index (κ2) is 8.31. The minimum atomic E-state index is -0.0135. The van der Waals surface area contributed by atoms with Gasteiger partial charge in [-0.25, -0.2) is 0 Å². The Kier molecular flexibility index (Phi) is 6.14. The quantitative estimate of drug-likeness (QED) is 0.807. The van der Waals surface area contributed by atoms with Crippen molar-refractivity contribution in [3.63, 3.8) is 0 Å². The van der Waals surface area contributed by atoms with Gasteiger partial charge in [-0.3, -0.25) is 4.79 Å². The Morgan fingerprint density at radius 1 is 1.12 bits per heavy atom. The largest absolute Gasteiger partial charge is 0.492 e. The number of carbonyl (C=O) groups excluding carboxylic acids is 1. The SMILES string of the molecule is CCOc1ccccc1NC(=S)Nc1ccc(N(C)C(C)=O)cc1. The van der Waals surface area contributed by atoms with E-state index in [1.165, 1.54) is 6.92 Å². The Balaban J connectivity index is 2.01. The van der Waals surface area contributed by atoms with Gasteiger partial charge in [-0.1, -0.05) is 12.1 Å². The zero-order valence-corrected chi connectivity index (χ0v) is 14.8. The van der Waals surface area contributed by atoms with Crippen molar-refractivity contribution in [2.45, 2.75) is 13.8 Å². The summed E-state index contributed by atoms with van der Waals surface area (Å²) in [6.45, 7) is 4.05. The summed E-state index contributed by atoms with van der Waals surface area (Å²) in [6, 6.07) is 15.1. The summed E-state index contributed by atoms with van der Waals surface area (Å²) in [5.41, 5.74) is 2.47. The van der Waals surface area contributed by atoms with Gasteiger partial charge in [-0.2, -0.15) is 0 Å². The van der Waals surface area contributed by atoms with E-state index in [0.717, 1.165) is 22.8 Å². The fourth-order valence-electron chi connectivity index (χ4n) is 2.09. The van der Waals surface area contributed by atoms with Crippen LogP contribution in [0.1, 0.15) is 13.8 Å². The van der Waals surface area contributed by atoms with Gasteiger partial charge in [0.1, 0.15) is 5.75 Å². The number of benzene rings is 2. The summed E-state index contributed by atoms with van der Waals surface area (Å²) in [6.07, 6.45) is 0. The first-order valence-electron chi connectivity index (χ1n) is 7.65. The van der Waals surface area contributed by atoms with Crippen LogP contribution in [0.2, 0.25) is 0 Å². The summed E-state index contributed by atoms with van der Waals surface area (Å²) >= 11 is 5.35. The van der Waals surface area contributed by atoms with E-state index in [1.807, 2.05) is 55.5 Å². The maximum atomic E-state index is 11.4. The number of nitrogens with one attached hydrogen (secondary N) is 2. The highest BCUT2D eigenvalue weighted by atomic mass is 32.1. The number of rotatable bonds is 5. The molecule has 2 rings (SSSR count). The number of thiocarbonyl (C=S) groups is 1. The van der Waals surface area contributed by atoms with E-state index in [2.05, 4.69) is 10.6 Å². The standard InChI is InChI=1S/C18H21N3O2S/c1-4-23-17-8-6-5-7-16(17)20-18(24)19-14-9-11-15(12-10-14)21(3)13(2)22/h5-12H,4H2,1-3H3,(H2,19,20,24). The Hall–Kier alpha value is -2.60. The van der Waals surface area contributed by atoms with Crippen molar-refractivity contribution in [3.8, 4) is 5.75 Å². The molecule has 2 aromatic rings. The highest BCUT2D eigenvalue weighted by Gasteiger charge is 2.07. The molecule has 5 nitrogen and oxygen atoms in total. The van der Waals surface area contributed by atoms with Crippen LogP contribution in [0.3, 0.4) is 0 Å². The molecule has 0 fully saturated rings. The van der Waals surface area contributed by atoms with Crippen LogP contribution in [-0.4, -0.2) is 24.7 Å². The van der Waals surface area contributed by atoms with Gasteiger partial charge < -0.3 is 20.3 Å². The first-order chi connectivity index (χ1) is 11.5. The molecular formula is C18H21N3O2S. The molecule has 0 saturated heterocycles. The molecule has 0 radical (unpaired) electrons. The molecule has 0 aliphatic heterocycles. The molecular weight excluding hydrogens is 322 g/mol. The van der Waals surface area contributed by atoms with E-state index in [0.29, 0.717) is 11.7 Å². The van der Waals surface area contributed by atoms with Crippen LogP contribution in [0.4, 0.5) is 17.1 Å². The van der Waals surface area contributed by atoms with Gasteiger partial charge in [0.15, 0.2) is 5.11 Å². The molecule has 0 spiro atoms. The second-order valence-electron chi connectivity index (χ2n) is 5.13. The van der Waals surface area contributed by atoms with Crippen LogP contribution in [0, 0.1) is 0 Å². The lowest BCUT2D eigenvalue weighted by molar-refractivity contribution is -0.116. The van der Waals surface area contributed by atoms with Crippen molar-refractivity contribution < 1.29 is 9.53 Å². The van der Waals surface area contributed by atoms with Gasteiger partial charge in [-0.05, 0) is 55.5 Å². The number of amides is 1. The highest BCUT2D eigenvalue weighted by Crippen LogP contribution is 2.24. The Morgan fingerprint density at radius 2 is 1.79 bits per heavy atom. The van der Waals surface area contributed by atoms with Crippen LogP contribution < -0.4 is 20.3 Å². The van der Waals surface area contributed by atoms with Gasteiger partial charge in [0.05, 0.1) is 12.3 Å². The van der Waals surface area contributed by atoms with Crippen LogP contribution in [-0.2, 0) is 4.79 Å². The molecule has 1 amide bonds. The number of anilines is 3. The summed E-state index contributed by atoms with van der Waals surface area (Å²) < 4.78 is 5.57. The van der Waals surface area contributed by atoms with Crippen LogP contribution in [0.15, 0.2) is 48.5 Å². The predicted octanol–water partition coefficient (Wildman–Crippen LogP) is 3.88. The second-order valence-corrected chi connectivity index (χ2v) is 5.54. The molecule has 0 aliphatic carbocycles. The highest BCUT2D eigenvalue weighted by molar-refractivity contribution is 7.80. The van der Waals surface area contributed by atoms with Gasteiger partial charge >= 0.3 is 0 Å². The average molecular weight is 343 g/mol. The average Bonchev–Trinajstić information content (AvgIpc) is 2.57. The zero-order valence-electron chi connectivity index (χ0n) is 14.0. The Morgan fingerprint density at radius 3 is 2.42 bits per heavy atom. The molecule has 126 valence electrons. The lowest BCUT2D eigenvalue weighted by Gasteiger charge is -2.16. The number of hydrogen-bond donors (Lipinski definition) is 2. The van der Waals surface area contributed by atoms with Crippen molar-refractivity contribution in [1.29, 1.82) is 0 Å². The number of hydrogen-bond acceptors (Lipinski definition) is 3. The summed E-state index contributed by atoms with van der Waals surface area (Å²) in [4.78, 5) is 12.9. The maximum Gasteiger partial charge on any atom is 0.223 e. The van der Waals surface area contributed by atoms with Crippen LogP contribution in [0.5, 0.6) is 5.75 Å². The van der Waals surface area contributed by atoms with Crippen molar-refractivity contribution in [3.05, 3.63) is 48.5 Å².